The first-order valence-corrected chi connectivity index (χ1v) is 7.77. The van der Waals surface area contributed by atoms with E-state index >= 15 is 0 Å². The minimum Gasteiger partial charge on any atom is -0.467 e. The van der Waals surface area contributed by atoms with Crippen molar-refractivity contribution in [3.05, 3.63) is 82.8 Å². The highest BCUT2D eigenvalue weighted by atomic mass is 19.1. The Labute approximate surface area is 139 Å². The highest BCUT2D eigenvalue weighted by molar-refractivity contribution is 5.95. The fraction of sp³-hybridized carbons (Fsp3) is 0.211. The molecule has 0 atom stereocenters. The van der Waals surface area contributed by atoms with Gasteiger partial charge in [0.2, 0.25) is 0 Å². The van der Waals surface area contributed by atoms with Crippen LogP contribution in [0.5, 0.6) is 0 Å². The number of carbonyl (C=O) groups excluding carboxylic acids is 1. The number of nitrogens with one attached hydrogen (secondary N) is 1. The van der Waals surface area contributed by atoms with Gasteiger partial charge in [-0.2, -0.15) is 0 Å². The lowest BCUT2D eigenvalue weighted by molar-refractivity contribution is 0.0950. The monoisotopic (exact) mass is 326 g/mol. The Balaban J connectivity index is 1.74. The molecule has 1 aromatic carbocycles. The van der Waals surface area contributed by atoms with Crippen molar-refractivity contribution in [1.82, 2.24) is 9.88 Å². The van der Waals surface area contributed by atoms with Crippen LogP contribution in [0.1, 0.15) is 33.1 Å². The van der Waals surface area contributed by atoms with Crippen LogP contribution in [0.4, 0.5) is 4.39 Å². The quantitative estimate of drug-likeness (QED) is 0.775. The molecule has 0 aliphatic heterocycles. The van der Waals surface area contributed by atoms with E-state index in [1.807, 2.05) is 36.6 Å². The van der Waals surface area contributed by atoms with Crippen LogP contribution < -0.4 is 5.32 Å². The van der Waals surface area contributed by atoms with Crippen LogP contribution in [0.2, 0.25) is 0 Å². The van der Waals surface area contributed by atoms with Gasteiger partial charge in [-0.1, -0.05) is 18.2 Å². The molecule has 4 nitrogen and oxygen atoms in total. The predicted molar refractivity (Wildman–Crippen MR) is 89.3 cm³/mol. The fourth-order valence-electron chi connectivity index (χ4n) is 2.75. The molecule has 0 unspecified atom stereocenters. The lowest BCUT2D eigenvalue weighted by Gasteiger charge is -2.09. The van der Waals surface area contributed by atoms with Crippen LogP contribution in [-0.4, -0.2) is 10.5 Å². The van der Waals surface area contributed by atoms with Gasteiger partial charge in [-0.05, 0) is 38.1 Å². The molecule has 0 aliphatic rings. The van der Waals surface area contributed by atoms with Gasteiger partial charge in [0.1, 0.15) is 11.6 Å². The predicted octanol–water partition coefficient (Wildman–Crippen LogP) is 3.82. The first-order valence-electron chi connectivity index (χ1n) is 7.77. The third kappa shape index (κ3) is 3.25. The number of rotatable bonds is 5. The Morgan fingerprint density at radius 3 is 2.71 bits per heavy atom. The summed E-state index contributed by atoms with van der Waals surface area (Å²) >= 11 is 0. The van der Waals surface area contributed by atoms with Crippen molar-refractivity contribution in [1.29, 1.82) is 0 Å². The molecule has 0 saturated heterocycles. The van der Waals surface area contributed by atoms with Crippen LogP contribution in [0.25, 0.3) is 0 Å². The van der Waals surface area contributed by atoms with Gasteiger partial charge in [-0.25, -0.2) is 4.39 Å². The molecule has 0 fully saturated rings. The van der Waals surface area contributed by atoms with Crippen molar-refractivity contribution in [2.75, 3.05) is 0 Å². The SMILES string of the molecule is Cc1cc(C(=O)NCc2ccccc2F)c(C)n1Cc1ccco1. The van der Waals surface area contributed by atoms with E-state index in [0.29, 0.717) is 17.7 Å². The number of hydrogen-bond acceptors (Lipinski definition) is 2. The van der Waals surface area contributed by atoms with Crippen molar-refractivity contribution in [3.63, 3.8) is 0 Å². The van der Waals surface area contributed by atoms with Crippen LogP contribution in [-0.2, 0) is 13.1 Å². The van der Waals surface area contributed by atoms with Gasteiger partial charge in [0.25, 0.3) is 5.91 Å². The summed E-state index contributed by atoms with van der Waals surface area (Å²) in [7, 11) is 0. The third-order valence-electron chi connectivity index (χ3n) is 4.11. The summed E-state index contributed by atoms with van der Waals surface area (Å²) in [4.78, 5) is 12.4. The summed E-state index contributed by atoms with van der Waals surface area (Å²) in [5.41, 5.74) is 2.89. The number of nitrogens with zero attached hydrogens (tertiary/aromatic N) is 1. The highest BCUT2D eigenvalue weighted by Gasteiger charge is 2.16. The summed E-state index contributed by atoms with van der Waals surface area (Å²) in [6.45, 7) is 4.58. The molecular weight excluding hydrogens is 307 g/mol. The van der Waals surface area contributed by atoms with Gasteiger partial charge in [-0.3, -0.25) is 4.79 Å². The topological polar surface area (TPSA) is 47.2 Å². The number of amides is 1. The zero-order valence-electron chi connectivity index (χ0n) is 13.7. The maximum Gasteiger partial charge on any atom is 0.253 e. The Hall–Kier alpha value is -2.82. The molecule has 1 amide bonds. The largest absolute Gasteiger partial charge is 0.467 e. The van der Waals surface area contributed by atoms with E-state index in [0.717, 1.165) is 17.1 Å². The summed E-state index contributed by atoms with van der Waals surface area (Å²) in [5, 5.41) is 2.78. The van der Waals surface area contributed by atoms with E-state index in [9.17, 15) is 9.18 Å². The first-order chi connectivity index (χ1) is 11.6. The van der Waals surface area contributed by atoms with Gasteiger partial charge in [-0.15, -0.1) is 0 Å². The minimum absolute atomic E-state index is 0.160. The maximum atomic E-state index is 13.6. The van der Waals surface area contributed by atoms with Gasteiger partial charge in [0.05, 0.1) is 18.4 Å². The fourth-order valence-corrected chi connectivity index (χ4v) is 2.75. The Morgan fingerprint density at radius 1 is 1.21 bits per heavy atom. The Bertz CT molecular complexity index is 850. The maximum absolute atomic E-state index is 13.6. The summed E-state index contributed by atoms with van der Waals surface area (Å²) < 4.78 is 21.0. The summed E-state index contributed by atoms with van der Waals surface area (Å²) in [6.07, 6.45) is 1.63. The molecule has 0 aliphatic carbocycles. The smallest absolute Gasteiger partial charge is 0.253 e. The molecular formula is C19H19FN2O2. The highest BCUT2D eigenvalue weighted by Crippen LogP contribution is 2.18. The number of carbonyl (C=O) groups is 1. The molecule has 0 spiro atoms. The molecule has 3 rings (SSSR count). The standard InChI is InChI=1S/C19H19FN2O2/c1-13-10-17(14(2)22(13)12-16-7-5-9-24-16)19(23)21-11-15-6-3-4-8-18(15)20/h3-10H,11-12H2,1-2H3,(H,21,23). The average molecular weight is 326 g/mol. The number of hydrogen-bond donors (Lipinski definition) is 1. The zero-order valence-corrected chi connectivity index (χ0v) is 13.7. The second kappa shape index (κ2) is 6.74. The number of furan rings is 1. The van der Waals surface area contributed by atoms with Crippen LogP contribution in [0, 0.1) is 19.7 Å². The molecule has 5 heteroatoms. The number of aromatic nitrogens is 1. The van der Waals surface area contributed by atoms with Crippen LogP contribution in [0.15, 0.2) is 53.1 Å². The van der Waals surface area contributed by atoms with E-state index in [2.05, 4.69) is 5.32 Å². The van der Waals surface area contributed by atoms with Gasteiger partial charge < -0.3 is 14.3 Å². The van der Waals surface area contributed by atoms with E-state index in [-0.39, 0.29) is 18.3 Å². The minimum atomic E-state index is -0.318. The van der Waals surface area contributed by atoms with E-state index in [4.69, 9.17) is 4.42 Å². The number of halogens is 1. The molecule has 0 saturated carbocycles. The van der Waals surface area contributed by atoms with Crippen molar-refractivity contribution in [3.8, 4) is 0 Å². The molecule has 2 heterocycles. The zero-order chi connectivity index (χ0) is 17.1. The molecule has 24 heavy (non-hydrogen) atoms. The first kappa shape index (κ1) is 16.1. The average Bonchev–Trinajstić information content (AvgIpc) is 3.17. The van der Waals surface area contributed by atoms with E-state index in [1.54, 1.807) is 24.5 Å². The normalized spacial score (nSPS) is 10.8. The van der Waals surface area contributed by atoms with Crippen molar-refractivity contribution in [2.45, 2.75) is 26.9 Å². The summed E-state index contributed by atoms with van der Waals surface area (Å²) in [5.74, 6) is 0.299. The Kier molecular flexibility index (Phi) is 4.51. The molecule has 0 radical (unpaired) electrons. The number of aryl methyl sites for hydroxylation is 1. The summed E-state index contributed by atoms with van der Waals surface area (Å²) in [6, 6.07) is 12.0. The number of benzene rings is 1. The lowest BCUT2D eigenvalue weighted by atomic mass is 10.2. The molecule has 1 N–H and O–H groups in total. The third-order valence-corrected chi connectivity index (χ3v) is 4.11. The second-order valence-corrected chi connectivity index (χ2v) is 5.72. The van der Waals surface area contributed by atoms with E-state index < -0.39 is 0 Å². The molecule has 2 aromatic heterocycles. The van der Waals surface area contributed by atoms with Gasteiger partial charge >= 0.3 is 0 Å². The molecule has 124 valence electrons. The van der Waals surface area contributed by atoms with Crippen molar-refractivity contribution >= 4 is 5.91 Å². The van der Waals surface area contributed by atoms with Crippen molar-refractivity contribution < 1.29 is 13.6 Å². The lowest BCUT2D eigenvalue weighted by Crippen LogP contribution is -2.23. The molecule has 0 bridgehead atoms. The molecule has 3 aromatic rings. The van der Waals surface area contributed by atoms with Gasteiger partial charge in [0, 0.05) is 23.5 Å². The van der Waals surface area contributed by atoms with E-state index in [1.165, 1.54) is 6.07 Å². The van der Waals surface area contributed by atoms with Gasteiger partial charge in [0.15, 0.2) is 0 Å². The van der Waals surface area contributed by atoms with Crippen molar-refractivity contribution in [2.24, 2.45) is 0 Å². The van der Waals surface area contributed by atoms with Crippen LogP contribution >= 0.6 is 0 Å². The second-order valence-electron chi connectivity index (χ2n) is 5.72. The Morgan fingerprint density at radius 2 is 2.00 bits per heavy atom. The van der Waals surface area contributed by atoms with Crippen LogP contribution in [0.3, 0.4) is 0 Å².